The molecule has 0 spiro atoms. The molecule has 6 N–H and O–H groups in total. The summed E-state index contributed by atoms with van der Waals surface area (Å²) in [5.41, 5.74) is 15.4. The van der Waals surface area contributed by atoms with Gasteiger partial charge in [-0.05, 0) is 87.6 Å². The molecule has 1 saturated heterocycles. The number of amidine groups is 1. The highest BCUT2D eigenvalue weighted by molar-refractivity contribution is 6.08. The second-order valence-corrected chi connectivity index (χ2v) is 13.9. The number of fused-ring (bicyclic) bond motifs is 1. The van der Waals surface area contributed by atoms with Crippen LogP contribution in [0.25, 0.3) is 10.9 Å². The molecule has 3 amide bonds. The van der Waals surface area contributed by atoms with Gasteiger partial charge in [0, 0.05) is 53.0 Å². The Hall–Kier alpha value is -5.85. The third kappa shape index (κ3) is 9.24. The summed E-state index contributed by atoms with van der Waals surface area (Å²) >= 11 is 0. The Morgan fingerprint density at radius 3 is 2.24 bits per heavy atom. The van der Waals surface area contributed by atoms with E-state index < -0.39 is 29.6 Å². The van der Waals surface area contributed by atoms with Crippen molar-refractivity contribution in [2.45, 2.75) is 65.6 Å². The summed E-state index contributed by atoms with van der Waals surface area (Å²) in [5.74, 6) is -2.08. The number of primary amides is 1. The van der Waals surface area contributed by atoms with E-state index in [0.717, 1.165) is 42.6 Å². The summed E-state index contributed by atoms with van der Waals surface area (Å²) in [7, 11) is 0. The van der Waals surface area contributed by atoms with E-state index in [0.29, 0.717) is 28.0 Å². The molecule has 13 heteroatoms. The van der Waals surface area contributed by atoms with E-state index in [1.54, 1.807) is 83.1 Å². The monoisotopic (exact) mass is 695 g/mol. The maximum absolute atomic E-state index is 13.9. The lowest BCUT2D eigenvalue weighted by Gasteiger charge is -2.23. The number of oxime groups is 1. The zero-order valence-electron chi connectivity index (χ0n) is 29.6. The lowest BCUT2D eigenvalue weighted by atomic mass is 10.1. The molecule has 1 aromatic heterocycles. The molecule has 0 bridgehead atoms. The maximum Gasteiger partial charge on any atom is 0.408 e. The molecule has 0 aliphatic carbocycles. The predicted molar refractivity (Wildman–Crippen MR) is 197 cm³/mol. The van der Waals surface area contributed by atoms with Crippen LogP contribution in [-0.2, 0) is 20.9 Å². The van der Waals surface area contributed by atoms with Gasteiger partial charge >= 0.3 is 12.1 Å². The molecule has 1 fully saturated rings. The number of amides is 3. The van der Waals surface area contributed by atoms with Crippen LogP contribution >= 0.6 is 0 Å². The van der Waals surface area contributed by atoms with Gasteiger partial charge in [0.25, 0.3) is 5.91 Å². The van der Waals surface area contributed by atoms with Gasteiger partial charge in [0.2, 0.25) is 5.91 Å². The van der Waals surface area contributed by atoms with E-state index in [2.05, 4.69) is 20.7 Å². The fourth-order valence-electron chi connectivity index (χ4n) is 5.82. The number of hydrogen-bond acceptors (Lipinski definition) is 8. The average molecular weight is 696 g/mol. The van der Waals surface area contributed by atoms with E-state index in [-0.39, 0.29) is 24.2 Å². The predicted octanol–water partition coefficient (Wildman–Crippen LogP) is 5.35. The Balaban J connectivity index is 1.43. The molecule has 1 atom stereocenters. The number of nitrogens with two attached hydrogens (primary N) is 2. The summed E-state index contributed by atoms with van der Waals surface area (Å²) < 4.78 is 7.12. The van der Waals surface area contributed by atoms with Crippen molar-refractivity contribution in [2.24, 2.45) is 22.5 Å². The normalized spacial score (nSPS) is 14.0. The fourth-order valence-corrected chi connectivity index (χ4v) is 5.82. The van der Waals surface area contributed by atoms with Gasteiger partial charge in [-0.2, -0.15) is 0 Å². The molecule has 0 saturated carbocycles. The van der Waals surface area contributed by atoms with Crippen LogP contribution in [0.4, 0.5) is 16.2 Å². The molecule has 3 aromatic carbocycles. The first kappa shape index (κ1) is 36.4. The lowest BCUT2D eigenvalue weighted by molar-refractivity contribution is -0.147. The number of hydrogen-bond donors (Lipinski definition) is 4. The fraction of sp³-hybridized carbons (Fsp3) is 0.342. The van der Waals surface area contributed by atoms with E-state index in [1.165, 1.54) is 0 Å². The van der Waals surface area contributed by atoms with Crippen LogP contribution in [0.1, 0.15) is 79.4 Å². The maximum atomic E-state index is 13.9. The summed E-state index contributed by atoms with van der Waals surface area (Å²) in [6.45, 7) is 10.9. The number of nitrogens with one attached hydrogen (secondary N) is 2. The van der Waals surface area contributed by atoms with E-state index in [9.17, 15) is 19.2 Å². The minimum atomic E-state index is -1.03. The highest BCUT2D eigenvalue weighted by atomic mass is 16.7. The van der Waals surface area contributed by atoms with Gasteiger partial charge < -0.3 is 41.1 Å². The Bertz CT molecular complexity index is 1950. The Morgan fingerprint density at radius 1 is 0.902 bits per heavy atom. The topological polar surface area (TPSA) is 183 Å². The first-order valence-electron chi connectivity index (χ1n) is 16.9. The molecule has 0 radical (unpaired) electrons. The number of alkyl carbamates (subject to hydrolysis) is 1. The summed E-state index contributed by atoms with van der Waals surface area (Å²) in [6, 6.07) is 20.7. The lowest BCUT2D eigenvalue weighted by Crippen LogP contribution is -2.46. The molecule has 1 aliphatic rings. The van der Waals surface area contributed by atoms with Gasteiger partial charge in [0.05, 0.1) is 0 Å². The van der Waals surface area contributed by atoms with Crippen molar-refractivity contribution in [3.05, 3.63) is 95.2 Å². The molecule has 2 heterocycles. The van der Waals surface area contributed by atoms with Crippen molar-refractivity contribution >= 4 is 52.0 Å². The Kier molecular flexibility index (Phi) is 11.0. The second kappa shape index (κ2) is 15.4. The van der Waals surface area contributed by atoms with Crippen molar-refractivity contribution in [3.63, 3.8) is 0 Å². The van der Waals surface area contributed by atoms with Gasteiger partial charge in [-0.15, -0.1) is 0 Å². The number of carbonyl (C=O) groups is 4. The van der Waals surface area contributed by atoms with Crippen LogP contribution in [0.2, 0.25) is 0 Å². The molecule has 4 aromatic rings. The minimum absolute atomic E-state index is 0.0895. The highest BCUT2D eigenvalue weighted by Gasteiger charge is 2.29. The Morgan fingerprint density at radius 2 is 1.59 bits per heavy atom. The molecule has 268 valence electrons. The summed E-state index contributed by atoms with van der Waals surface area (Å²) in [6.07, 6.45) is 1.52. The smallest absolute Gasteiger partial charge is 0.408 e. The quantitative estimate of drug-likeness (QED) is 0.0700. The molecular formula is C38H45N7O6. The first-order valence-corrected chi connectivity index (χ1v) is 16.9. The molecule has 13 nitrogen and oxygen atoms in total. The number of carbonyl (C=O) groups excluding carboxylic acids is 4. The first-order chi connectivity index (χ1) is 24.2. The van der Waals surface area contributed by atoms with E-state index >= 15 is 0 Å². The van der Waals surface area contributed by atoms with Crippen molar-refractivity contribution in [2.75, 3.05) is 23.3 Å². The van der Waals surface area contributed by atoms with Crippen molar-refractivity contribution in [3.8, 4) is 0 Å². The van der Waals surface area contributed by atoms with E-state index in [4.69, 9.17) is 21.0 Å². The number of ether oxygens (including phenoxy) is 1. The van der Waals surface area contributed by atoms with Crippen LogP contribution in [0.15, 0.2) is 78.0 Å². The second-order valence-electron chi connectivity index (χ2n) is 13.9. The molecule has 5 rings (SSSR count). The third-order valence-corrected chi connectivity index (χ3v) is 8.41. The molecule has 1 aliphatic heterocycles. The largest absolute Gasteiger partial charge is 0.444 e. The van der Waals surface area contributed by atoms with Crippen molar-refractivity contribution in [1.82, 2.24) is 9.88 Å². The molecule has 51 heavy (non-hydrogen) atoms. The SMILES string of the molecule is CC(C)C(NC(=O)OC(C)(C)C)C(=O)O/N=C(\N)c1ccc2cc(C(=O)Nc3cccc(N4CCCC4)c3)n(Cc3ccc(C(N)=O)cc3)c2c1. The van der Waals surface area contributed by atoms with Crippen LogP contribution in [0.3, 0.4) is 0 Å². The van der Waals surface area contributed by atoms with Crippen molar-refractivity contribution < 1.29 is 28.8 Å². The average Bonchev–Trinajstić information content (AvgIpc) is 3.74. The Labute approximate surface area is 296 Å². The highest BCUT2D eigenvalue weighted by Crippen LogP contribution is 2.27. The van der Waals surface area contributed by atoms with Crippen LogP contribution in [-0.4, -0.2) is 59.0 Å². The van der Waals surface area contributed by atoms with Gasteiger partial charge in [-0.25, -0.2) is 9.59 Å². The molecular weight excluding hydrogens is 650 g/mol. The summed E-state index contributed by atoms with van der Waals surface area (Å²) in [4.78, 5) is 58.3. The van der Waals surface area contributed by atoms with Gasteiger partial charge in [-0.1, -0.05) is 49.3 Å². The standard InChI is InChI=1S/C38H45N7O6/c1-23(2)32(42-37(49)50-38(3,4)5)36(48)51-43-33(39)27-16-15-26-19-31(35(47)41-28-9-8-10-29(21-28)44-17-6-7-18-44)45(30(26)20-27)22-24-11-13-25(14-12-24)34(40)46/h8-16,19-21,23,32H,6-7,17-18,22H2,1-5H3,(H2,39,43)(H2,40,46)(H,41,47)(H,42,49). The van der Waals surface area contributed by atoms with Crippen LogP contribution in [0, 0.1) is 5.92 Å². The van der Waals surface area contributed by atoms with Crippen LogP contribution < -0.4 is 27.0 Å². The number of rotatable bonds is 11. The number of benzene rings is 3. The summed E-state index contributed by atoms with van der Waals surface area (Å²) in [5, 5.41) is 10.2. The molecule has 1 unspecified atom stereocenters. The van der Waals surface area contributed by atoms with Crippen molar-refractivity contribution in [1.29, 1.82) is 0 Å². The van der Waals surface area contributed by atoms with Gasteiger partial charge in [0.15, 0.2) is 5.84 Å². The number of aromatic nitrogens is 1. The van der Waals surface area contributed by atoms with E-state index in [1.807, 2.05) is 28.8 Å². The van der Waals surface area contributed by atoms with Gasteiger partial charge in [-0.3, -0.25) is 9.59 Å². The zero-order chi connectivity index (χ0) is 36.9. The third-order valence-electron chi connectivity index (χ3n) is 8.41. The number of nitrogens with zero attached hydrogens (tertiary/aromatic N) is 3. The van der Waals surface area contributed by atoms with Crippen LogP contribution in [0.5, 0.6) is 0 Å². The van der Waals surface area contributed by atoms with Gasteiger partial charge in [0.1, 0.15) is 17.3 Å². The minimum Gasteiger partial charge on any atom is -0.444 e. The number of anilines is 2. The zero-order valence-corrected chi connectivity index (χ0v) is 29.6.